The van der Waals surface area contributed by atoms with Gasteiger partial charge in [-0.2, -0.15) is 0 Å². The summed E-state index contributed by atoms with van der Waals surface area (Å²) in [5.41, 5.74) is 6.92. The van der Waals surface area contributed by atoms with Crippen LogP contribution in [0.2, 0.25) is 0 Å². The minimum absolute atomic E-state index is 0.752. The van der Waals surface area contributed by atoms with E-state index >= 15 is 0 Å². The van der Waals surface area contributed by atoms with Crippen LogP contribution in [0.5, 0.6) is 0 Å². The Kier molecular flexibility index (Phi) is 6.98. The second-order valence-electron chi connectivity index (χ2n) is 13.5. The van der Waals surface area contributed by atoms with E-state index in [1.165, 1.54) is 76.0 Å². The van der Waals surface area contributed by atoms with Crippen molar-refractivity contribution in [3.63, 3.8) is 0 Å². The van der Waals surface area contributed by atoms with Gasteiger partial charge in [0.25, 0.3) is 0 Å². The van der Waals surface area contributed by atoms with E-state index in [-0.39, 0.29) is 0 Å². The zero-order chi connectivity index (χ0) is 34.9. The van der Waals surface area contributed by atoms with Crippen molar-refractivity contribution in [1.29, 1.82) is 0 Å². The fraction of sp³-hybridized carbons (Fsp3) is 0. The van der Waals surface area contributed by atoms with Gasteiger partial charge in [0, 0.05) is 27.3 Å². The van der Waals surface area contributed by atoms with Gasteiger partial charge in [-0.25, -0.2) is 9.98 Å². The van der Waals surface area contributed by atoms with E-state index in [9.17, 15) is 0 Å². The van der Waals surface area contributed by atoms with Crippen molar-refractivity contribution in [1.82, 2.24) is 4.57 Å². The lowest BCUT2D eigenvalue weighted by Gasteiger charge is -2.16. The first kappa shape index (κ1) is 30.4. The Morgan fingerprint density at radius 1 is 0.358 bits per heavy atom. The minimum Gasteiger partial charge on any atom is -0.289 e. The molecule has 0 atom stereocenters. The van der Waals surface area contributed by atoms with Crippen LogP contribution in [0.4, 0.5) is 0 Å². The van der Waals surface area contributed by atoms with Crippen LogP contribution < -0.4 is 0 Å². The molecule has 9 aromatic carbocycles. The molecule has 10 aromatic rings. The van der Waals surface area contributed by atoms with Crippen LogP contribution in [0.25, 0.3) is 76.0 Å². The fourth-order valence-electron chi connectivity index (χ4n) is 8.07. The van der Waals surface area contributed by atoms with Crippen molar-refractivity contribution in [2.75, 3.05) is 0 Å². The maximum atomic E-state index is 5.47. The summed E-state index contributed by atoms with van der Waals surface area (Å²) in [5.74, 6) is 0.752. The predicted octanol–water partition coefficient (Wildman–Crippen LogP) is 12.9. The van der Waals surface area contributed by atoms with Crippen molar-refractivity contribution in [3.8, 4) is 11.1 Å². The van der Waals surface area contributed by atoms with Crippen LogP contribution in [-0.4, -0.2) is 17.9 Å². The van der Waals surface area contributed by atoms with E-state index in [1.54, 1.807) is 0 Å². The molecule has 11 rings (SSSR count). The van der Waals surface area contributed by atoms with Crippen LogP contribution in [0.15, 0.2) is 192 Å². The van der Waals surface area contributed by atoms with Gasteiger partial charge in [-0.05, 0) is 87.8 Å². The minimum atomic E-state index is -0.792. The SMILES string of the molecule is c1ccc(C2=NC(c3ccc(-c4ccccc4)cc3)=IC(n3c4cc5ccccc5cc4c4c5c6ccccc6c6ccccc6c5ccc43)=N2)cc1. The Hall–Kier alpha value is -6.24. The Morgan fingerprint density at radius 3 is 1.58 bits per heavy atom. The summed E-state index contributed by atoms with van der Waals surface area (Å²) in [4.78, 5) is 10.8. The molecule has 0 fully saturated rings. The number of nitrogens with zero attached hydrogens (tertiary/aromatic N) is 3. The van der Waals surface area contributed by atoms with E-state index in [4.69, 9.17) is 9.98 Å². The lowest BCUT2D eigenvalue weighted by atomic mass is 9.91. The van der Waals surface area contributed by atoms with Crippen LogP contribution in [0.1, 0.15) is 11.1 Å². The molecular weight excluding hydrogens is 757 g/mol. The van der Waals surface area contributed by atoms with Gasteiger partial charge in [0.2, 0.25) is 0 Å². The zero-order valence-electron chi connectivity index (χ0n) is 28.5. The molecule has 1 aliphatic heterocycles. The molecule has 0 N–H and O–H groups in total. The number of rotatable bonds is 3. The summed E-state index contributed by atoms with van der Waals surface area (Å²) < 4.78 is 4.64. The van der Waals surface area contributed by atoms with Gasteiger partial charge in [-0.1, -0.05) is 164 Å². The van der Waals surface area contributed by atoms with Crippen LogP contribution >= 0.6 is 20.7 Å². The summed E-state index contributed by atoms with van der Waals surface area (Å²) in [6.07, 6.45) is 0. The van der Waals surface area contributed by atoms with E-state index in [2.05, 4.69) is 187 Å². The number of hydrogen-bond donors (Lipinski definition) is 0. The monoisotopic (exact) mass is 787 g/mol. The highest BCUT2D eigenvalue weighted by Crippen LogP contribution is 2.44. The van der Waals surface area contributed by atoms with E-state index < -0.39 is 20.7 Å². The standard InChI is InChI=1S/C49H30IN3/c1-3-13-31(14-4-1)32-23-25-33(26-24-32)47-50-49(52-48(51-47)34-15-5-2-6-16-34)53-43-28-27-41-39-21-10-9-19-37(39)38-20-11-12-22-40(38)45(41)46(43)42-29-35-17-7-8-18-36(35)30-44(42)53/h1-30H. The molecule has 1 aliphatic rings. The topological polar surface area (TPSA) is 29.6 Å². The molecule has 0 amide bonds. The normalized spacial score (nSPS) is 13.4. The second-order valence-corrected chi connectivity index (χ2v) is 16.1. The molecule has 248 valence electrons. The third-order valence-corrected chi connectivity index (χ3v) is 13.1. The van der Waals surface area contributed by atoms with E-state index in [1.807, 2.05) is 0 Å². The van der Waals surface area contributed by atoms with Crippen molar-refractivity contribution in [2.24, 2.45) is 9.98 Å². The first-order valence-electron chi connectivity index (χ1n) is 17.9. The number of aliphatic imine (C=N–C) groups is 2. The van der Waals surface area contributed by atoms with Crippen molar-refractivity contribution < 1.29 is 0 Å². The Balaban J connectivity index is 1.23. The largest absolute Gasteiger partial charge is 0.289 e. The number of benzene rings is 9. The molecule has 0 saturated carbocycles. The van der Waals surface area contributed by atoms with Crippen molar-refractivity contribution >= 4 is 98.9 Å². The highest BCUT2D eigenvalue weighted by atomic mass is 127. The van der Waals surface area contributed by atoms with Crippen LogP contribution in [0, 0.1) is 0 Å². The van der Waals surface area contributed by atoms with Gasteiger partial charge in [0.1, 0.15) is 3.63 Å². The fourth-order valence-corrected chi connectivity index (χ4v) is 10.7. The zero-order valence-corrected chi connectivity index (χ0v) is 30.7. The lowest BCUT2D eigenvalue weighted by molar-refractivity contribution is 1.31. The van der Waals surface area contributed by atoms with E-state index in [0.717, 1.165) is 24.4 Å². The molecule has 4 heteroatoms. The summed E-state index contributed by atoms with van der Waals surface area (Å²) in [6, 6.07) is 65.8. The van der Waals surface area contributed by atoms with Crippen molar-refractivity contribution in [2.45, 2.75) is 0 Å². The highest BCUT2D eigenvalue weighted by Gasteiger charge is 2.23. The number of fused-ring (bicyclic) bond motifs is 11. The highest BCUT2D eigenvalue weighted by molar-refractivity contribution is 14.2. The van der Waals surface area contributed by atoms with Crippen LogP contribution in [-0.2, 0) is 0 Å². The summed E-state index contributed by atoms with van der Waals surface area (Å²) >= 11 is -0.792. The summed E-state index contributed by atoms with van der Waals surface area (Å²) in [6.45, 7) is 0. The number of aromatic nitrogens is 1. The number of hydrogen-bond acceptors (Lipinski definition) is 2. The predicted molar refractivity (Wildman–Crippen MR) is 235 cm³/mol. The smallest absolute Gasteiger partial charge is 0.174 e. The molecule has 0 aliphatic carbocycles. The Morgan fingerprint density at radius 2 is 0.887 bits per heavy atom. The molecule has 0 spiro atoms. The lowest BCUT2D eigenvalue weighted by Crippen LogP contribution is -2.15. The molecule has 0 bridgehead atoms. The second kappa shape index (κ2) is 12.2. The Labute approximate surface area is 315 Å². The maximum absolute atomic E-state index is 5.47. The molecule has 1 aromatic heterocycles. The van der Waals surface area contributed by atoms with Gasteiger partial charge < -0.3 is 0 Å². The van der Waals surface area contributed by atoms with Gasteiger partial charge in [0.05, 0.1) is 11.0 Å². The summed E-state index contributed by atoms with van der Waals surface area (Å²) in [5, 5.41) is 12.7. The maximum Gasteiger partial charge on any atom is 0.174 e. The third kappa shape index (κ3) is 4.90. The molecule has 0 saturated heterocycles. The molecule has 2 heterocycles. The van der Waals surface area contributed by atoms with Crippen LogP contribution in [0.3, 0.4) is 0 Å². The molecule has 53 heavy (non-hydrogen) atoms. The first-order chi connectivity index (χ1) is 26.3. The Bertz CT molecular complexity index is 3160. The molecule has 0 radical (unpaired) electrons. The van der Waals surface area contributed by atoms with Gasteiger partial charge >= 0.3 is 0 Å². The third-order valence-electron chi connectivity index (χ3n) is 10.5. The number of amidine groups is 1. The van der Waals surface area contributed by atoms with Gasteiger partial charge in [0.15, 0.2) is 9.68 Å². The molecule has 0 unspecified atom stereocenters. The van der Waals surface area contributed by atoms with E-state index in [0.29, 0.717) is 0 Å². The van der Waals surface area contributed by atoms with Crippen molar-refractivity contribution in [3.05, 3.63) is 193 Å². The molecular formula is C49H30IN3. The first-order valence-corrected chi connectivity index (χ1v) is 20.0. The quantitative estimate of drug-likeness (QED) is 0.126. The summed E-state index contributed by atoms with van der Waals surface area (Å²) in [7, 11) is 0. The average molecular weight is 788 g/mol. The van der Waals surface area contributed by atoms with Gasteiger partial charge in [-0.3, -0.25) is 4.57 Å². The average Bonchev–Trinajstić information content (AvgIpc) is 3.56. The number of halogens is 1. The molecule has 3 nitrogen and oxygen atoms in total. The van der Waals surface area contributed by atoms with Gasteiger partial charge in [-0.15, -0.1) is 0 Å².